The number of nitrogens with zero attached hydrogens (tertiary/aromatic N) is 2. The molecule has 3 rings (SSSR count). The van der Waals surface area contributed by atoms with E-state index in [1.807, 2.05) is 0 Å². The summed E-state index contributed by atoms with van der Waals surface area (Å²) in [7, 11) is -3.77. The molecule has 27 heavy (non-hydrogen) atoms. The van der Waals surface area contributed by atoms with Crippen molar-refractivity contribution in [3.05, 3.63) is 35.6 Å². The lowest BCUT2D eigenvalue weighted by atomic mass is 10.0. The van der Waals surface area contributed by atoms with Crippen molar-refractivity contribution in [2.24, 2.45) is 5.92 Å². The van der Waals surface area contributed by atoms with E-state index in [0.29, 0.717) is 17.9 Å². The molecule has 1 saturated carbocycles. The van der Waals surface area contributed by atoms with Crippen molar-refractivity contribution < 1.29 is 17.6 Å². The number of benzene rings is 1. The highest BCUT2D eigenvalue weighted by Gasteiger charge is 2.29. The number of hydrogen-bond acceptors (Lipinski definition) is 6. The van der Waals surface area contributed by atoms with E-state index in [9.17, 15) is 17.6 Å². The Morgan fingerprint density at radius 3 is 2.59 bits per heavy atom. The molecule has 9 heteroatoms. The van der Waals surface area contributed by atoms with Gasteiger partial charge in [0.2, 0.25) is 25.2 Å². The minimum atomic E-state index is -3.77. The first-order chi connectivity index (χ1) is 12.9. The molecule has 1 aliphatic rings. The van der Waals surface area contributed by atoms with E-state index in [4.69, 9.17) is 0 Å². The van der Waals surface area contributed by atoms with Crippen molar-refractivity contribution in [2.45, 2.75) is 55.0 Å². The summed E-state index contributed by atoms with van der Waals surface area (Å²) < 4.78 is 38.3. The normalized spacial score (nSPS) is 16.4. The molecule has 0 spiro atoms. The van der Waals surface area contributed by atoms with Gasteiger partial charge in [0.25, 0.3) is 0 Å². The fourth-order valence-electron chi connectivity index (χ4n) is 3.26. The van der Waals surface area contributed by atoms with Gasteiger partial charge in [-0.3, -0.25) is 4.79 Å². The molecule has 2 aromatic rings. The molecule has 0 aliphatic heterocycles. The Morgan fingerprint density at radius 2 is 1.93 bits per heavy atom. The van der Waals surface area contributed by atoms with E-state index in [-0.39, 0.29) is 15.4 Å². The van der Waals surface area contributed by atoms with Crippen LogP contribution in [0.15, 0.2) is 28.6 Å². The predicted molar refractivity (Wildman–Crippen MR) is 102 cm³/mol. The van der Waals surface area contributed by atoms with E-state index in [1.165, 1.54) is 56.9 Å². The first kappa shape index (κ1) is 19.9. The van der Waals surface area contributed by atoms with Gasteiger partial charge in [-0.05, 0) is 37.0 Å². The summed E-state index contributed by atoms with van der Waals surface area (Å²) in [4.78, 5) is 12.1. The lowest BCUT2D eigenvalue weighted by molar-refractivity contribution is -0.116. The zero-order chi connectivity index (χ0) is 19.4. The number of amides is 1. The van der Waals surface area contributed by atoms with Crippen LogP contribution in [-0.4, -0.2) is 24.5 Å². The fourth-order valence-corrected chi connectivity index (χ4v) is 5.86. The van der Waals surface area contributed by atoms with Crippen molar-refractivity contribution in [2.75, 3.05) is 5.32 Å². The average molecular weight is 412 g/mol. The van der Waals surface area contributed by atoms with Crippen LogP contribution in [-0.2, 0) is 14.6 Å². The summed E-state index contributed by atoms with van der Waals surface area (Å²) in [5.74, 6) is 0.00751. The second-order valence-corrected chi connectivity index (χ2v) is 10.3. The minimum absolute atomic E-state index is 0.162. The van der Waals surface area contributed by atoms with Crippen LogP contribution in [0.1, 0.15) is 56.3 Å². The summed E-state index contributed by atoms with van der Waals surface area (Å²) in [6.45, 7) is 1.52. The van der Waals surface area contributed by atoms with Gasteiger partial charge in [-0.25, -0.2) is 12.8 Å². The zero-order valence-corrected chi connectivity index (χ0v) is 16.7. The van der Waals surface area contributed by atoms with Crippen LogP contribution >= 0.6 is 11.3 Å². The summed E-state index contributed by atoms with van der Waals surface area (Å²) in [6.07, 6.45) is 6.06. The molecule has 1 aromatic carbocycles. The van der Waals surface area contributed by atoms with Crippen LogP contribution in [0.25, 0.3) is 0 Å². The molecule has 0 saturated heterocycles. The number of carbonyl (C=O) groups excluding carboxylic acids is 1. The number of hydrogen-bond donors (Lipinski definition) is 1. The molecule has 1 aromatic heterocycles. The Balaban J connectivity index is 1.63. The van der Waals surface area contributed by atoms with Gasteiger partial charge in [0.1, 0.15) is 5.82 Å². The molecule has 1 unspecified atom stereocenters. The predicted octanol–water partition coefficient (Wildman–Crippen LogP) is 4.12. The standard InChI is InChI=1S/C18H22FN3O3S2/c1-12(14-7-9-15(19)10-8-14)27(24,25)18-22-21-17(26-18)20-16(23)11-6-13-4-2-3-5-13/h7-10,12-13H,2-6,11H2,1H3,(H,20,21,23). The maximum Gasteiger partial charge on any atom is 0.234 e. The molecular formula is C18H22FN3O3S2. The zero-order valence-electron chi connectivity index (χ0n) is 15.0. The van der Waals surface area contributed by atoms with Crippen LogP contribution in [0, 0.1) is 11.7 Å². The summed E-state index contributed by atoms with van der Waals surface area (Å²) in [5, 5.41) is 9.45. The lowest BCUT2D eigenvalue weighted by Gasteiger charge is -2.10. The monoisotopic (exact) mass is 411 g/mol. The Kier molecular flexibility index (Phi) is 6.21. The lowest BCUT2D eigenvalue weighted by Crippen LogP contribution is -2.12. The first-order valence-corrected chi connectivity index (χ1v) is 11.4. The topological polar surface area (TPSA) is 89.0 Å². The Bertz CT molecular complexity index is 891. The van der Waals surface area contributed by atoms with E-state index in [0.717, 1.165) is 17.8 Å². The highest BCUT2D eigenvalue weighted by Crippen LogP contribution is 2.32. The van der Waals surface area contributed by atoms with Gasteiger partial charge < -0.3 is 5.32 Å². The maximum atomic E-state index is 13.0. The largest absolute Gasteiger partial charge is 0.301 e. The SMILES string of the molecule is CC(c1ccc(F)cc1)S(=O)(=O)c1nnc(NC(=O)CCC2CCCC2)s1. The quantitative estimate of drug-likeness (QED) is 0.692. The van der Waals surface area contributed by atoms with E-state index < -0.39 is 20.9 Å². The minimum Gasteiger partial charge on any atom is -0.301 e. The summed E-state index contributed by atoms with van der Waals surface area (Å²) in [5.41, 5.74) is 0.466. The molecular weight excluding hydrogens is 389 g/mol. The summed E-state index contributed by atoms with van der Waals surface area (Å²) >= 11 is 0.836. The number of carbonyl (C=O) groups is 1. The van der Waals surface area contributed by atoms with Crippen LogP contribution < -0.4 is 5.32 Å². The van der Waals surface area contributed by atoms with Crippen LogP contribution in [0.4, 0.5) is 9.52 Å². The molecule has 0 bridgehead atoms. The molecule has 1 aliphatic carbocycles. The third-order valence-corrected chi connectivity index (χ3v) is 8.31. The Hall–Kier alpha value is -1.87. The van der Waals surface area contributed by atoms with Gasteiger partial charge in [0.05, 0.1) is 5.25 Å². The van der Waals surface area contributed by atoms with E-state index in [2.05, 4.69) is 15.5 Å². The number of anilines is 1. The van der Waals surface area contributed by atoms with Crippen LogP contribution in [0.2, 0.25) is 0 Å². The van der Waals surface area contributed by atoms with Crippen molar-refractivity contribution in [1.29, 1.82) is 0 Å². The number of nitrogens with one attached hydrogen (secondary N) is 1. The molecule has 1 amide bonds. The van der Waals surface area contributed by atoms with Gasteiger partial charge in [-0.1, -0.05) is 49.2 Å². The number of aromatic nitrogens is 2. The summed E-state index contributed by atoms with van der Waals surface area (Å²) in [6, 6.07) is 5.31. The van der Waals surface area contributed by atoms with Crippen LogP contribution in [0.3, 0.4) is 0 Å². The molecule has 146 valence electrons. The van der Waals surface area contributed by atoms with Crippen molar-refractivity contribution in [3.8, 4) is 0 Å². The maximum absolute atomic E-state index is 13.0. The van der Waals surface area contributed by atoms with Crippen LogP contribution in [0.5, 0.6) is 0 Å². The van der Waals surface area contributed by atoms with E-state index >= 15 is 0 Å². The molecule has 1 N–H and O–H groups in total. The average Bonchev–Trinajstić information content (AvgIpc) is 3.32. The Morgan fingerprint density at radius 1 is 1.26 bits per heavy atom. The third kappa shape index (κ3) is 4.90. The first-order valence-electron chi connectivity index (χ1n) is 8.99. The Labute approximate surface area is 162 Å². The second kappa shape index (κ2) is 8.43. The van der Waals surface area contributed by atoms with Crippen molar-refractivity contribution >= 4 is 32.2 Å². The van der Waals surface area contributed by atoms with Gasteiger partial charge in [-0.15, -0.1) is 10.2 Å². The molecule has 1 atom stereocenters. The highest BCUT2D eigenvalue weighted by molar-refractivity contribution is 7.93. The molecule has 0 radical (unpaired) electrons. The number of halogens is 1. The molecule has 6 nitrogen and oxygen atoms in total. The molecule has 1 fully saturated rings. The highest BCUT2D eigenvalue weighted by atomic mass is 32.2. The second-order valence-electron chi connectivity index (χ2n) is 6.85. The van der Waals surface area contributed by atoms with Crippen molar-refractivity contribution in [3.63, 3.8) is 0 Å². The van der Waals surface area contributed by atoms with Crippen molar-refractivity contribution in [1.82, 2.24) is 10.2 Å². The number of rotatable bonds is 7. The smallest absolute Gasteiger partial charge is 0.234 e. The molecule has 1 heterocycles. The van der Waals surface area contributed by atoms with Gasteiger partial charge >= 0.3 is 0 Å². The van der Waals surface area contributed by atoms with Gasteiger partial charge in [0, 0.05) is 6.42 Å². The number of sulfone groups is 1. The van der Waals surface area contributed by atoms with E-state index in [1.54, 1.807) is 0 Å². The third-order valence-electron chi connectivity index (χ3n) is 4.96. The van der Waals surface area contributed by atoms with Gasteiger partial charge in [-0.2, -0.15) is 0 Å². The van der Waals surface area contributed by atoms with Gasteiger partial charge in [0.15, 0.2) is 0 Å². The fraction of sp³-hybridized carbons (Fsp3) is 0.500.